The maximum absolute atomic E-state index is 13.2. The summed E-state index contributed by atoms with van der Waals surface area (Å²) in [5, 5.41) is 7.55. The minimum absolute atomic E-state index is 0.250. The minimum atomic E-state index is -0.250. The van der Waals surface area contributed by atoms with Crippen LogP contribution in [0, 0.1) is 5.82 Å². The number of nitrogens with zero attached hydrogens (tertiary/aromatic N) is 2. The molecule has 6 heteroatoms. The Balaban J connectivity index is 1.74. The van der Waals surface area contributed by atoms with E-state index >= 15 is 0 Å². The summed E-state index contributed by atoms with van der Waals surface area (Å²) >= 11 is 1.86. The smallest absolute Gasteiger partial charge is 0.123 e. The van der Waals surface area contributed by atoms with Crippen LogP contribution in [0.25, 0.3) is 33.4 Å². The molecule has 4 nitrogen and oxygen atoms in total. The van der Waals surface area contributed by atoms with E-state index in [-0.39, 0.29) is 5.82 Å². The zero-order valence-electron chi connectivity index (χ0n) is 14.6. The Hall–Kier alpha value is -2.60. The third-order valence-corrected chi connectivity index (χ3v) is 5.44. The standard InChI is InChI=1S/C20H19FN4S/c1-3-26-12(2)20-23-17-9-6-14(10-18(17)24-20)16-11-22-25-19(16)13-4-7-15(21)8-5-13/h4-12H,3H2,1-2H3,(H,22,25)(H,23,24). The first-order valence-electron chi connectivity index (χ1n) is 8.56. The van der Waals surface area contributed by atoms with Gasteiger partial charge in [0, 0.05) is 11.1 Å². The zero-order valence-corrected chi connectivity index (χ0v) is 15.4. The summed E-state index contributed by atoms with van der Waals surface area (Å²) < 4.78 is 13.2. The highest BCUT2D eigenvalue weighted by Crippen LogP contribution is 2.33. The molecule has 132 valence electrons. The summed E-state index contributed by atoms with van der Waals surface area (Å²) in [5.74, 6) is 1.80. The van der Waals surface area contributed by atoms with E-state index in [1.807, 2.05) is 23.9 Å². The number of imidazole rings is 1. The molecule has 2 N–H and O–H groups in total. The van der Waals surface area contributed by atoms with Crippen LogP contribution in [-0.2, 0) is 0 Å². The van der Waals surface area contributed by atoms with Crippen molar-refractivity contribution in [1.82, 2.24) is 20.2 Å². The highest BCUT2D eigenvalue weighted by atomic mass is 32.2. The summed E-state index contributed by atoms with van der Waals surface area (Å²) in [6.45, 7) is 4.31. The number of halogens is 1. The molecular weight excluding hydrogens is 347 g/mol. The maximum atomic E-state index is 13.2. The fourth-order valence-electron chi connectivity index (χ4n) is 3.06. The van der Waals surface area contributed by atoms with Crippen LogP contribution in [0.1, 0.15) is 24.9 Å². The van der Waals surface area contributed by atoms with Gasteiger partial charge in [-0.2, -0.15) is 16.9 Å². The lowest BCUT2D eigenvalue weighted by Crippen LogP contribution is -1.91. The van der Waals surface area contributed by atoms with E-state index in [1.54, 1.807) is 18.3 Å². The van der Waals surface area contributed by atoms with E-state index in [9.17, 15) is 4.39 Å². The van der Waals surface area contributed by atoms with Gasteiger partial charge in [-0.25, -0.2) is 9.37 Å². The number of fused-ring (bicyclic) bond motifs is 1. The number of hydrogen-bond acceptors (Lipinski definition) is 3. The fraction of sp³-hybridized carbons (Fsp3) is 0.200. The molecule has 0 spiro atoms. The van der Waals surface area contributed by atoms with Crippen LogP contribution in [0.2, 0.25) is 0 Å². The van der Waals surface area contributed by atoms with Crippen LogP contribution in [0.3, 0.4) is 0 Å². The largest absolute Gasteiger partial charge is 0.341 e. The molecule has 2 aromatic heterocycles. The number of H-pyrrole nitrogens is 2. The molecule has 0 saturated heterocycles. The molecule has 2 aromatic carbocycles. The van der Waals surface area contributed by atoms with Crippen molar-refractivity contribution in [3.05, 3.63) is 60.3 Å². The summed E-state index contributed by atoms with van der Waals surface area (Å²) in [6.07, 6.45) is 1.80. The molecule has 0 radical (unpaired) electrons. The molecule has 0 saturated carbocycles. The molecule has 0 amide bonds. The molecular formula is C20H19FN4S. The second-order valence-electron chi connectivity index (χ2n) is 6.12. The van der Waals surface area contributed by atoms with Crippen LogP contribution >= 0.6 is 11.8 Å². The third kappa shape index (κ3) is 3.12. The fourth-order valence-corrected chi connectivity index (χ4v) is 3.83. The summed E-state index contributed by atoms with van der Waals surface area (Å²) in [4.78, 5) is 8.14. The number of benzene rings is 2. The van der Waals surface area contributed by atoms with Crippen molar-refractivity contribution in [2.24, 2.45) is 0 Å². The molecule has 1 atom stereocenters. The van der Waals surface area contributed by atoms with Crippen LogP contribution < -0.4 is 0 Å². The number of thioether (sulfide) groups is 1. The average Bonchev–Trinajstić information content (AvgIpc) is 3.29. The third-order valence-electron chi connectivity index (χ3n) is 4.39. The first-order valence-corrected chi connectivity index (χ1v) is 9.61. The Bertz CT molecular complexity index is 1040. The SMILES string of the molecule is CCSC(C)c1nc2ccc(-c3cn[nH]c3-c3ccc(F)cc3)cc2[nH]1. The van der Waals surface area contributed by atoms with Crippen LogP contribution in [0.15, 0.2) is 48.7 Å². The van der Waals surface area contributed by atoms with Gasteiger partial charge in [0.1, 0.15) is 11.6 Å². The molecule has 4 aromatic rings. The Morgan fingerprint density at radius 3 is 2.65 bits per heavy atom. The monoisotopic (exact) mass is 366 g/mol. The number of aromatic amines is 2. The molecule has 0 aliphatic carbocycles. The molecule has 26 heavy (non-hydrogen) atoms. The lowest BCUT2D eigenvalue weighted by molar-refractivity contribution is 0.628. The van der Waals surface area contributed by atoms with E-state index in [2.05, 4.69) is 35.1 Å². The molecule has 0 aliphatic heterocycles. The lowest BCUT2D eigenvalue weighted by atomic mass is 10.0. The molecule has 4 rings (SSSR count). The predicted molar refractivity (Wildman–Crippen MR) is 106 cm³/mol. The van der Waals surface area contributed by atoms with Gasteiger partial charge in [0.2, 0.25) is 0 Å². The maximum Gasteiger partial charge on any atom is 0.123 e. The van der Waals surface area contributed by atoms with Gasteiger partial charge in [-0.3, -0.25) is 5.10 Å². The number of rotatable bonds is 5. The van der Waals surface area contributed by atoms with E-state index in [0.29, 0.717) is 5.25 Å². The topological polar surface area (TPSA) is 57.4 Å². The summed E-state index contributed by atoms with van der Waals surface area (Å²) in [5.41, 5.74) is 5.75. The number of hydrogen-bond donors (Lipinski definition) is 2. The summed E-state index contributed by atoms with van der Waals surface area (Å²) in [7, 11) is 0. The lowest BCUT2D eigenvalue weighted by Gasteiger charge is -2.04. The van der Waals surface area contributed by atoms with E-state index in [4.69, 9.17) is 4.98 Å². The molecule has 1 unspecified atom stereocenters. The quantitative estimate of drug-likeness (QED) is 0.485. The predicted octanol–water partition coefficient (Wildman–Crippen LogP) is 5.57. The van der Waals surface area contributed by atoms with Gasteiger partial charge in [-0.05, 0) is 54.6 Å². The Morgan fingerprint density at radius 2 is 1.88 bits per heavy atom. The molecule has 0 aliphatic rings. The van der Waals surface area contributed by atoms with E-state index < -0.39 is 0 Å². The Kier molecular flexibility index (Phi) is 4.51. The van der Waals surface area contributed by atoms with E-state index in [1.165, 1.54) is 12.1 Å². The normalized spacial score (nSPS) is 12.6. The first-order chi connectivity index (χ1) is 12.7. The van der Waals surface area contributed by atoms with Crippen LogP contribution in [0.5, 0.6) is 0 Å². The Labute approximate surface area is 155 Å². The van der Waals surface area contributed by atoms with E-state index in [0.717, 1.165) is 45.0 Å². The van der Waals surface area contributed by atoms with Gasteiger partial charge in [0.05, 0.1) is 28.2 Å². The van der Waals surface area contributed by atoms with Crippen molar-refractivity contribution in [1.29, 1.82) is 0 Å². The second-order valence-corrected chi connectivity index (χ2v) is 7.73. The molecule has 2 heterocycles. The van der Waals surface area contributed by atoms with Gasteiger partial charge in [0.15, 0.2) is 0 Å². The highest BCUT2D eigenvalue weighted by molar-refractivity contribution is 7.99. The van der Waals surface area contributed by atoms with Crippen molar-refractivity contribution in [3.63, 3.8) is 0 Å². The van der Waals surface area contributed by atoms with Crippen molar-refractivity contribution in [2.45, 2.75) is 19.1 Å². The van der Waals surface area contributed by atoms with Crippen LogP contribution in [-0.4, -0.2) is 25.9 Å². The molecule has 0 fully saturated rings. The van der Waals surface area contributed by atoms with Gasteiger partial charge < -0.3 is 4.98 Å². The second kappa shape index (κ2) is 6.96. The average molecular weight is 366 g/mol. The Morgan fingerprint density at radius 1 is 1.12 bits per heavy atom. The van der Waals surface area contributed by atoms with Crippen molar-refractivity contribution in [2.75, 3.05) is 5.75 Å². The van der Waals surface area contributed by atoms with Gasteiger partial charge in [-0.1, -0.05) is 13.0 Å². The first kappa shape index (κ1) is 16.8. The van der Waals surface area contributed by atoms with Gasteiger partial charge >= 0.3 is 0 Å². The number of nitrogens with one attached hydrogen (secondary N) is 2. The summed E-state index contributed by atoms with van der Waals surface area (Å²) in [6, 6.07) is 12.6. The van der Waals surface area contributed by atoms with Crippen molar-refractivity contribution < 1.29 is 4.39 Å². The van der Waals surface area contributed by atoms with Crippen LogP contribution in [0.4, 0.5) is 4.39 Å². The minimum Gasteiger partial charge on any atom is -0.341 e. The highest BCUT2D eigenvalue weighted by Gasteiger charge is 2.14. The van der Waals surface area contributed by atoms with Crippen molar-refractivity contribution >= 4 is 22.8 Å². The molecule has 0 bridgehead atoms. The van der Waals surface area contributed by atoms with Gasteiger partial charge in [-0.15, -0.1) is 0 Å². The zero-order chi connectivity index (χ0) is 18.1. The van der Waals surface area contributed by atoms with Crippen molar-refractivity contribution in [3.8, 4) is 22.4 Å². The van der Waals surface area contributed by atoms with Gasteiger partial charge in [0.25, 0.3) is 0 Å². The number of aromatic nitrogens is 4.